The maximum absolute atomic E-state index is 12.4. The van der Waals surface area contributed by atoms with Crippen LogP contribution in [0.5, 0.6) is 5.75 Å². The quantitative estimate of drug-likeness (QED) is 0.270. The van der Waals surface area contributed by atoms with E-state index < -0.39 is 5.97 Å². The summed E-state index contributed by atoms with van der Waals surface area (Å²) in [5, 5.41) is 0.676. The average Bonchev–Trinajstić information content (AvgIpc) is 2.99. The average molecular weight is 427 g/mol. The summed E-state index contributed by atoms with van der Waals surface area (Å²) in [5.41, 5.74) is 1.81. The number of ether oxygens (including phenoxy) is 1. The van der Waals surface area contributed by atoms with Crippen LogP contribution in [0.25, 0.3) is 6.08 Å². The van der Waals surface area contributed by atoms with Crippen LogP contribution in [-0.4, -0.2) is 11.8 Å². The largest absolute Gasteiger partial charge is 0.423 e. The Balaban J connectivity index is 1.49. The molecule has 1 aliphatic heterocycles. The smallest absolute Gasteiger partial charge is 0.345 e. The number of ketones is 1. The van der Waals surface area contributed by atoms with E-state index in [9.17, 15) is 9.59 Å². The van der Waals surface area contributed by atoms with Crippen LogP contribution in [0.4, 0.5) is 0 Å². The number of rotatable bonds is 3. The lowest BCUT2D eigenvalue weighted by Crippen LogP contribution is -2.09. The van der Waals surface area contributed by atoms with Crippen LogP contribution in [0.3, 0.4) is 0 Å². The highest BCUT2D eigenvalue weighted by Crippen LogP contribution is 2.40. The van der Waals surface area contributed by atoms with Crippen molar-refractivity contribution >= 4 is 52.8 Å². The van der Waals surface area contributed by atoms with Crippen molar-refractivity contribution in [3.05, 3.63) is 98.4 Å². The molecular weight excluding hydrogens is 415 g/mol. The van der Waals surface area contributed by atoms with Gasteiger partial charge in [0, 0.05) is 15.5 Å². The molecule has 138 valence electrons. The number of carbonyl (C=O) groups excluding carboxylic acids is 2. The Bertz CT molecular complexity index is 1120. The molecule has 0 bridgehead atoms. The predicted molar refractivity (Wildman–Crippen MR) is 112 cm³/mol. The predicted octanol–water partition coefficient (Wildman–Crippen LogP) is 6.54. The fraction of sp³-hybridized carbons (Fsp3) is 0. The Labute approximate surface area is 175 Å². The van der Waals surface area contributed by atoms with Crippen LogP contribution < -0.4 is 4.74 Å². The summed E-state index contributed by atoms with van der Waals surface area (Å²) < 4.78 is 5.36. The van der Waals surface area contributed by atoms with E-state index in [2.05, 4.69) is 0 Å². The van der Waals surface area contributed by atoms with E-state index in [0.29, 0.717) is 15.7 Å². The van der Waals surface area contributed by atoms with Gasteiger partial charge in [-0.05, 0) is 54.1 Å². The molecule has 0 atom stereocenters. The van der Waals surface area contributed by atoms with Crippen LogP contribution in [0.2, 0.25) is 10.0 Å². The lowest BCUT2D eigenvalue weighted by Gasteiger charge is -2.06. The summed E-state index contributed by atoms with van der Waals surface area (Å²) >= 11 is 13.3. The lowest BCUT2D eigenvalue weighted by molar-refractivity contribution is 0.0734. The summed E-state index contributed by atoms with van der Waals surface area (Å²) in [6.45, 7) is 0. The molecule has 3 aromatic carbocycles. The van der Waals surface area contributed by atoms with E-state index in [-0.39, 0.29) is 16.4 Å². The highest BCUT2D eigenvalue weighted by molar-refractivity contribution is 8.04. The zero-order valence-electron chi connectivity index (χ0n) is 14.3. The number of Topliss-reactive ketones (excluding diaryl/α,β-unsaturated/α-hetero) is 1. The number of benzene rings is 3. The molecule has 0 unspecified atom stereocenters. The summed E-state index contributed by atoms with van der Waals surface area (Å²) in [7, 11) is 0. The molecule has 0 amide bonds. The molecule has 6 heteroatoms. The molecule has 4 rings (SSSR count). The molecule has 28 heavy (non-hydrogen) atoms. The standard InChI is InChI=1S/C22H12Cl2O3S/c23-14-7-10-16(18(24)12-14)22(26)27-15-8-5-13(6-9-15)11-20-21(25)17-3-1-2-4-19(17)28-20/h1-12H. The Morgan fingerprint density at radius 1 is 0.964 bits per heavy atom. The summed E-state index contributed by atoms with van der Waals surface area (Å²) in [6.07, 6.45) is 1.83. The summed E-state index contributed by atoms with van der Waals surface area (Å²) in [5.74, 6) is -0.162. The molecular formula is C22H12Cl2O3S. The number of halogens is 2. The third-order valence-corrected chi connectivity index (χ3v) is 5.76. The van der Waals surface area contributed by atoms with Crippen molar-refractivity contribution in [1.29, 1.82) is 0 Å². The van der Waals surface area contributed by atoms with Crippen molar-refractivity contribution in [1.82, 2.24) is 0 Å². The van der Waals surface area contributed by atoms with Gasteiger partial charge in [-0.25, -0.2) is 4.79 Å². The van der Waals surface area contributed by atoms with Crippen molar-refractivity contribution < 1.29 is 14.3 Å². The van der Waals surface area contributed by atoms with Crippen LogP contribution in [0, 0.1) is 0 Å². The first-order chi connectivity index (χ1) is 13.5. The Kier molecular flexibility index (Phi) is 5.27. The Morgan fingerprint density at radius 2 is 1.71 bits per heavy atom. The molecule has 0 spiro atoms. The van der Waals surface area contributed by atoms with Crippen molar-refractivity contribution in [3.8, 4) is 5.75 Å². The molecule has 0 aromatic heterocycles. The first-order valence-corrected chi connectivity index (χ1v) is 9.89. The number of hydrogen-bond acceptors (Lipinski definition) is 4. The fourth-order valence-electron chi connectivity index (χ4n) is 2.74. The first-order valence-electron chi connectivity index (χ1n) is 8.32. The van der Waals surface area contributed by atoms with Crippen molar-refractivity contribution in [2.75, 3.05) is 0 Å². The number of fused-ring (bicyclic) bond motifs is 1. The zero-order chi connectivity index (χ0) is 19.7. The SMILES string of the molecule is O=C(Oc1ccc(C=C2Sc3ccccc3C2=O)cc1)c1ccc(Cl)cc1Cl. The molecule has 1 heterocycles. The van der Waals surface area contributed by atoms with Crippen LogP contribution in [0.1, 0.15) is 26.3 Å². The number of thioether (sulfide) groups is 1. The molecule has 0 fully saturated rings. The highest BCUT2D eigenvalue weighted by Gasteiger charge is 2.25. The van der Waals surface area contributed by atoms with Gasteiger partial charge in [-0.3, -0.25) is 4.79 Å². The van der Waals surface area contributed by atoms with Crippen molar-refractivity contribution in [2.45, 2.75) is 4.90 Å². The van der Waals surface area contributed by atoms with Gasteiger partial charge in [0.15, 0.2) is 0 Å². The zero-order valence-corrected chi connectivity index (χ0v) is 16.6. The van der Waals surface area contributed by atoms with Crippen LogP contribution in [-0.2, 0) is 0 Å². The van der Waals surface area contributed by atoms with E-state index in [1.54, 1.807) is 30.3 Å². The van der Waals surface area contributed by atoms with Gasteiger partial charge in [0.25, 0.3) is 0 Å². The molecule has 0 N–H and O–H groups in total. The third-order valence-electron chi connectivity index (χ3n) is 4.11. The molecule has 0 saturated heterocycles. The van der Waals surface area contributed by atoms with Crippen molar-refractivity contribution in [2.24, 2.45) is 0 Å². The molecule has 0 saturated carbocycles. The van der Waals surface area contributed by atoms with Gasteiger partial charge in [-0.1, -0.05) is 59.2 Å². The van der Waals surface area contributed by atoms with Gasteiger partial charge in [0.05, 0.1) is 15.5 Å². The normalized spacial score (nSPS) is 14.2. The van der Waals surface area contributed by atoms with E-state index >= 15 is 0 Å². The topological polar surface area (TPSA) is 43.4 Å². The lowest BCUT2D eigenvalue weighted by atomic mass is 10.1. The molecule has 1 aliphatic rings. The van der Waals surface area contributed by atoms with Gasteiger partial charge in [-0.15, -0.1) is 0 Å². The Hall–Kier alpha value is -2.53. The number of hydrogen-bond donors (Lipinski definition) is 0. The summed E-state index contributed by atoms with van der Waals surface area (Å²) in [4.78, 5) is 26.3. The minimum Gasteiger partial charge on any atom is -0.423 e. The van der Waals surface area contributed by atoms with Gasteiger partial charge in [-0.2, -0.15) is 0 Å². The molecule has 0 aliphatic carbocycles. The van der Waals surface area contributed by atoms with Gasteiger partial charge >= 0.3 is 5.97 Å². The van der Waals surface area contributed by atoms with Crippen molar-refractivity contribution in [3.63, 3.8) is 0 Å². The minimum atomic E-state index is -0.565. The summed E-state index contributed by atoms with van der Waals surface area (Å²) in [6, 6.07) is 19.0. The van der Waals surface area contributed by atoms with Crippen LogP contribution in [0.15, 0.2) is 76.5 Å². The second-order valence-corrected chi connectivity index (χ2v) is 7.95. The van der Waals surface area contributed by atoms with Gasteiger partial charge < -0.3 is 4.74 Å². The first kappa shape index (κ1) is 18.8. The molecule has 3 nitrogen and oxygen atoms in total. The van der Waals surface area contributed by atoms with Crippen LogP contribution >= 0.6 is 35.0 Å². The molecule has 0 radical (unpaired) electrons. The van der Waals surface area contributed by atoms with E-state index in [4.69, 9.17) is 27.9 Å². The molecule has 3 aromatic rings. The monoisotopic (exact) mass is 426 g/mol. The van der Waals surface area contributed by atoms with E-state index in [1.807, 2.05) is 30.3 Å². The maximum atomic E-state index is 12.4. The maximum Gasteiger partial charge on any atom is 0.345 e. The minimum absolute atomic E-state index is 0.0217. The van der Waals surface area contributed by atoms with E-state index in [1.165, 1.54) is 23.9 Å². The number of carbonyl (C=O) groups is 2. The second-order valence-electron chi connectivity index (χ2n) is 6.02. The Morgan fingerprint density at radius 3 is 2.43 bits per heavy atom. The third kappa shape index (κ3) is 3.85. The fourth-order valence-corrected chi connectivity index (χ4v) is 4.27. The van der Waals surface area contributed by atoms with Gasteiger partial charge in [0.2, 0.25) is 5.78 Å². The van der Waals surface area contributed by atoms with E-state index in [0.717, 1.165) is 16.0 Å². The number of esters is 1. The number of allylic oxidation sites excluding steroid dienone is 1. The second kappa shape index (κ2) is 7.84. The van der Waals surface area contributed by atoms with Gasteiger partial charge in [0.1, 0.15) is 5.75 Å². The highest BCUT2D eigenvalue weighted by atomic mass is 35.5.